The predicted molar refractivity (Wildman–Crippen MR) is 134 cm³/mol. The van der Waals surface area contributed by atoms with E-state index in [9.17, 15) is 10.1 Å². The SMILES string of the molecule is CCOc1cc(/C=C(/C#N)C(=O)Nc2nc(SC)ns2)ccc1OCCOc1ccccc1C. The molecule has 0 saturated carbocycles. The zero-order valence-electron chi connectivity index (χ0n) is 19.0. The lowest BCUT2D eigenvalue weighted by atomic mass is 10.1. The lowest BCUT2D eigenvalue weighted by Gasteiger charge is -2.14. The number of hydrogen-bond acceptors (Lipinski definition) is 9. The number of amides is 1. The molecule has 1 amide bonds. The number of nitriles is 1. The van der Waals surface area contributed by atoms with Gasteiger partial charge in [-0.15, -0.1) is 0 Å². The van der Waals surface area contributed by atoms with E-state index in [2.05, 4.69) is 14.7 Å². The number of benzene rings is 2. The summed E-state index contributed by atoms with van der Waals surface area (Å²) in [5.41, 5.74) is 1.62. The van der Waals surface area contributed by atoms with Crippen molar-refractivity contribution in [3.8, 4) is 23.3 Å². The normalized spacial score (nSPS) is 10.9. The Morgan fingerprint density at radius 1 is 1.15 bits per heavy atom. The molecule has 0 fully saturated rings. The first-order valence-corrected chi connectivity index (χ1v) is 12.4. The summed E-state index contributed by atoms with van der Waals surface area (Å²) < 4.78 is 21.4. The van der Waals surface area contributed by atoms with Gasteiger partial charge < -0.3 is 14.2 Å². The van der Waals surface area contributed by atoms with Crippen LogP contribution in [0, 0.1) is 18.3 Å². The molecule has 10 heteroatoms. The lowest BCUT2D eigenvalue weighted by molar-refractivity contribution is -0.112. The third-order valence-electron chi connectivity index (χ3n) is 4.45. The number of aryl methyl sites for hydroxylation is 1. The van der Waals surface area contributed by atoms with E-state index in [-0.39, 0.29) is 5.57 Å². The van der Waals surface area contributed by atoms with E-state index in [4.69, 9.17) is 14.2 Å². The second kappa shape index (κ2) is 12.6. The van der Waals surface area contributed by atoms with Crippen LogP contribution in [0.4, 0.5) is 5.13 Å². The molecule has 0 aliphatic rings. The Morgan fingerprint density at radius 3 is 2.59 bits per heavy atom. The number of thioether (sulfide) groups is 1. The van der Waals surface area contributed by atoms with Gasteiger partial charge in [-0.05, 0) is 55.5 Å². The third-order valence-corrected chi connectivity index (χ3v) is 5.74. The second-order valence-electron chi connectivity index (χ2n) is 6.81. The Bertz CT molecular complexity index is 1200. The minimum absolute atomic E-state index is 0.0661. The fourth-order valence-electron chi connectivity index (χ4n) is 2.85. The van der Waals surface area contributed by atoms with Crippen LogP contribution in [-0.2, 0) is 4.79 Å². The Kier molecular flexibility index (Phi) is 9.31. The Hall–Kier alpha value is -3.55. The fourth-order valence-corrected chi connectivity index (χ4v) is 3.97. The summed E-state index contributed by atoms with van der Waals surface area (Å²) in [6, 6.07) is 14.9. The van der Waals surface area contributed by atoms with Crippen LogP contribution in [0.5, 0.6) is 17.2 Å². The van der Waals surface area contributed by atoms with Gasteiger partial charge in [0.2, 0.25) is 10.3 Å². The number of ether oxygens (including phenoxy) is 3. The van der Waals surface area contributed by atoms with Gasteiger partial charge >= 0.3 is 0 Å². The maximum atomic E-state index is 12.5. The summed E-state index contributed by atoms with van der Waals surface area (Å²) in [6.07, 6.45) is 3.33. The monoisotopic (exact) mass is 496 g/mol. The van der Waals surface area contributed by atoms with Gasteiger partial charge in [0.25, 0.3) is 5.91 Å². The molecule has 2 aromatic carbocycles. The van der Waals surface area contributed by atoms with Crippen LogP contribution in [0.25, 0.3) is 6.08 Å². The number of carbonyl (C=O) groups is 1. The number of hydrogen-bond donors (Lipinski definition) is 1. The molecule has 1 N–H and O–H groups in total. The van der Waals surface area contributed by atoms with Crippen LogP contribution < -0.4 is 19.5 Å². The molecule has 0 unspecified atom stereocenters. The number of aromatic nitrogens is 2. The molecule has 1 aromatic heterocycles. The van der Waals surface area contributed by atoms with Crippen molar-refractivity contribution in [1.82, 2.24) is 9.36 Å². The van der Waals surface area contributed by atoms with Gasteiger partial charge in [-0.3, -0.25) is 10.1 Å². The van der Waals surface area contributed by atoms with E-state index in [1.54, 1.807) is 18.2 Å². The zero-order chi connectivity index (χ0) is 24.3. The number of nitrogens with zero attached hydrogens (tertiary/aromatic N) is 3. The molecular formula is C24H24N4O4S2. The van der Waals surface area contributed by atoms with Crippen LogP contribution in [0.2, 0.25) is 0 Å². The van der Waals surface area contributed by atoms with Gasteiger partial charge in [0.1, 0.15) is 30.6 Å². The van der Waals surface area contributed by atoms with E-state index in [1.165, 1.54) is 17.8 Å². The first-order chi connectivity index (χ1) is 16.5. The quantitative estimate of drug-likeness (QED) is 0.172. The standard InChI is InChI=1S/C24H24N4O4S2/c1-4-30-21-14-17(13-18(15-25)22(29)26-23-27-24(33-3)28-34-23)9-10-20(21)32-12-11-31-19-8-6-5-7-16(19)2/h5-10,13-14H,4,11-12H2,1-3H3,(H,26,27,28,29)/b18-13-. The van der Waals surface area contributed by atoms with Crippen LogP contribution >= 0.6 is 23.3 Å². The fraction of sp³-hybridized carbons (Fsp3) is 0.250. The highest BCUT2D eigenvalue weighted by molar-refractivity contribution is 7.98. The Labute approximate surface area is 206 Å². The smallest absolute Gasteiger partial charge is 0.268 e. The molecule has 0 saturated heterocycles. The predicted octanol–water partition coefficient (Wildman–Crippen LogP) is 4.97. The van der Waals surface area contributed by atoms with Crippen molar-refractivity contribution < 1.29 is 19.0 Å². The van der Waals surface area contributed by atoms with Gasteiger partial charge in [0.15, 0.2) is 11.5 Å². The van der Waals surface area contributed by atoms with Gasteiger partial charge in [-0.2, -0.15) is 14.6 Å². The van der Waals surface area contributed by atoms with E-state index < -0.39 is 5.91 Å². The van der Waals surface area contributed by atoms with Crippen molar-refractivity contribution in [3.63, 3.8) is 0 Å². The molecule has 3 aromatic rings. The van der Waals surface area contributed by atoms with E-state index in [0.29, 0.717) is 47.2 Å². The molecule has 3 rings (SSSR count). The van der Waals surface area contributed by atoms with Gasteiger partial charge in [0, 0.05) is 11.5 Å². The Morgan fingerprint density at radius 2 is 1.91 bits per heavy atom. The number of anilines is 1. The molecule has 34 heavy (non-hydrogen) atoms. The summed E-state index contributed by atoms with van der Waals surface area (Å²) in [5, 5.41) is 13.0. The largest absolute Gasteiger partial charge is 0.490 e. The van der Waals surface area contributed by atoms with E-state index in [0.717, 1.165) is 22.8 Å². The van der Waals surface area contributed by atoms with Crippen LogP contribution in [0.15, 0.2) is 53.2 Å². The summed E-state index contributed by atoms with van der Waals surface area (Å²) in [7, 11) is 0. The summed E-state index contributed by atoms with van der Waals surface area (Å²) >= 11 is 2.43. The lowest BCUT2D eigenvalue weighted by Crippen LogP contribution is -2.13. The maximum Gasteiger partial charge on any atom is 0.268 e. The highest BCUT2D eigenvalue weighted by Crippen LogP contribution is 2.30. The van der Waals surface area contributed by atoms with Crippen molar-refractivity contribution >= 4 is 40.4 Å². The number of carbonyl (C=O) groups excluding carboxylic acids is 1. The number of para-hydroxylation sites is 1. The first kappa shape index (κ1) is 25.1. The molecule has 1 heterocycles. The van der Waals surface area contributed by atoms with Gasteiger partial charge in [-0.1, -0.05) is 36.0 Å². The van der Waals surface area contributed by atoms with Crippen molar-refractivity contribution in [3.05, 3.63) is 59.2 Å². The topological polar surface area (TPSA) is 106 Å². The summed E-state index contributed by atoms with van der Waals surface area (Å²) in [6.45, 7) is 4.99. The van der Waals surface area contributed by atoms with Gasteiger partial charge in [0.05, 0.1) is 6.61 Å². The Balaban J connectivity index is 1.66. The molecule has 0 spiro atoms. The summed E-state index contributed by atoms with van der Waals surface area (Å²) in [4.78, 5) is 16.7. The van der Waals surface area contributed by atoms with Gasteiger partial charge in [-0.25, -0.2) is 0 Å². The maximum absolute atomic E-state index is 12.5. The highest BCUT2D eigenvalue weighted by atomic mass is 32.2. The average Bonchev–Trinajstić information content (AvgIpc) is 3.30. The van der Waals surface area contributed by atoms with Crippen molar-refractivity contribution in [1.29, 1.82) is 5.26 Å². The molecule has 0 aliphatic carbocycles. The van der Waals surface area contributed by atoms with E-state index >= 15 is 0 Å². The number of rotatable bonds is 11. The molecule has 0 aliphatic heterocycles. The highest BCUT2D eigenvalue weighted by Gasteiger charge is 2.14. The first-order valence-electron chi connectivity index (χ1n) is 10.4. The minimum atomic E-state index is -0.557. The molecule has 0 atom stereocenters. The van der Waals surface area contributed by atoms with Crippen LogP contribution in [0.1, 0.15) is 18.1 Å². The van der Waals surface area contributed by atoms with Crippen molar-refractivity contribution in [2.24, 2.45) is 0 Å². The zero-order valence-corrected chi connectivity index (χ0v) is 20.7. The third kappa shape index (κ3) is 6.97. The molecular weight excluding hydrogens is 472 g/mol. The van der Waals surface area contributed by atoms with Crippen LogP contribution in [-0.4, -0.2) is 41.3 Å². The summed E-state index contributed by atoms with van der Waals surface area (Å²) in [5.74, 6) is 1.32. The van der Waals surface area contributed by atoms with E-state index in [1.807, 2.05) is 50.4 Å². The minimum Gasteiger partial charge on any atom is -0.490 e. The average molecular weight is 497 g/mol. The molecule has 176 valence electrons. The second-order valence-corrected chi connectivity index (χ2v) is 8.34. The van der Waals surface area contributed by atoms with Crippen molar-refractivity contribution in [2.75, 3.05) is 31.4 Å². The van der Waals surface area contributed by atoms with Crippen molar-refractivity contribution in [2.45, 2.75) is 19.0 Å². The molecule has 0 bridgehead atoms. The number of nitrogens with one attached hydrogen (secondary N) is 1. The molecule has 0 radical (unpaired) electrons. The molecule has 8 nitrogen and oxygen atoms in total. The van der Waals surface area contributed by atoms with Crippen LogP contribution in [0.3, 0.4) is 0 Å².